The van der Waals surface area contributed by atoms with Crippen molar-refractivity contribution in [3.63, 3.8) is 0 Å². The summed E-state index contributed by atoms with van der Waals surface area (Å²) in [5, 5.41) is 12.4. The number of nitrogens with two attached hydrogens (primary N) is 1. The monoisotopic (exact) mass is 312 g/mol. The molecule has 1 aromatic rings. The number of nitrogens with one attached hydrogen (secondary N) is 1. The van der Waals surface area contributed by atoms with Crippen LogP contribution in [0.1, 0.15) is 36.0 Å². The lowest BCUT2D eigenvalue weighted by Gasteiger charge is -2.26. The summed E-state index contributed by atoms with van der Waals surface area (Å²) in [6, 6.07) is 5.34. The van der Waals surface area contributed by atoms with E-state index >= 15 is 0 Å². The number of aliphatic hydroxyl groups excluding tert-OH is 1. The standard InChI is InChI=1S/C13H17BrN2O2/c14-11-6-1-8(7-12(11)15)13(18)16-9-2-4-10(17)5-3-9/h1,6-7,9-10,17H,2-5,15H2,(H,16,18). The first-order chi connectivity index (χ1) is 8.56. The molecule has 0 heterocycles. The Morgan fingerprint density at radius 1 is 1.33 bits per heavy atom. The predicted octanol–water partition coefficient (Wildman–Crippen LogP) is 2.06. The Labute approximate surface area is 115 Å². The average molecular weight is 313 g/mol. The topological polar surface area (TPSA) is 75.4 Å². The van der Waals surface area contributed by atoms with Crippen LogP contribution in [0.2, 0.25) is 0 Å². The number of hydrogen-bond donors (Lipinski definition) is 3. The molecule has 0 aromatic heterocycles. The first-order valence-corrected chi connectivity index (χ1v) is 6.89. The fraction of sp³-hybridized carbons (Fsp3) is 0.462. The number of nitrogen functional groups attached to an aromatic ring is 1. The largest absolute Gasteiger partial charge is 0.398 e. The van der Waals surface area contributed by atoms with Crippen molar-refractivity contribution in [2.45, 2.75) is 37.8 Å². The molecule has 98 valence electrons. The van der Waals surface area contributed by atoms with E-state index in [1.165, 1.54) is 0 Å². The Morgan fingerprint density at radius 2 is 2.00 bits per heavy atom. The van der Waals surface area contributed by atoms with E-state index in [9.17, 15) is 9.90 Å². The number of rotatable bonds is 2. The minimum atomic E-state index is -0.207. The van der Waals surface area contributed by atoms with Crippen LogP contribution in [0.4, 0.5) is 5.69 Å². The molecule has 2 rings (SSSR count). The van der Waals surface area contributed by atoms with Gasteiger partial charge in [-0.25, -0.2) is 0 Å². The van der Waals surface area contributed by atoms with Gasteiger partial charge in [-0.1, -0.05) is 0 Å². The third kappa shape index (κ3) is 3.23. The number of carbonyl (C=O) groups is 1. The Balaban J connectivity index is 1.97. The summed E-state index contributed by atoms with van der Waals surface area (Å²) in [5.41, 5.74) is 6.88. The first kappa shape index (κ1) is 13.4. The molecule has 4 N–H and O–H groups in total. The number of halogens is 1. The second-order valence-corrected chi connectivity index (χ2v) is 5.57. The van der Waals surface area contributed by atoms with E-state index in [1.54, 1.807) is 18.2 Å². The van der Waals surface area contributed by atoms with Gasteiger partial charge in [-0.3, -0.25) is 4.79 Å². The SMILES string of the molecule is Nc1cc(C(=O)NC2CCC(O)CC2)ccc1Br. The summed E-state index contributed by atoms with van der Waals surface area (Å²) < 4.78 is 0.792. The number of benzene rings is 1. The van der Waals surface area contributed by atoms with Gasteiger partial charge in [-0.2, -0.15) is 0 Å². The van der Waals surface area contributed by atoms with Crippen LogP contribution in [0.25, 0.3) is 0 Å². The molecule has 4 nitrogen and oxygen atoms in total. The second kappa shape index (κ2) is 5.71. The quantitative estimate of drug-likeness (QED) is 0.732. The Bertz CT molecular complexity index is 443. The van der Waals surface area contributed by atoms with Crippen LogP contribution in [0.3, 0.4) is 0 Å². The third-order valence-corrected chi connectivity index (χ3v) is 4.01. The van der Waals surface area contributed by atoms with E-state index in [4.69, 9.17) is 5.73 Å². The van der Waals surface area contributed by atoms with E-state index in [0.29, 0.717) is 11.3 Å². The maximum absolute atomic E-state index is 12.0. The number of amides is 1. The Hall–Kier alpha value is -1.07. The summed E-state index contributed by atoms with van der Waals surface area (Å²) in [6.07, 6.45) is 2.97. The summed E-state index contributed by atoms with van der Waals surface area (Å²) in [5.74, 6) is -0.101. The van der Waals surface area contributed by atoms with Crippen LogP contribution in [0.5, 0.6) is 0 Å². The van der Waals surface area contributed by atoms with Gasteiger partial charge in [0, 0.05) is 21.8 Å². The van der Waals surface area contributed by atoms with Gasteiger partial charge >= 0.3 is 0 Å². The molecule has 1 amide bonds. The van der Waals surface area contributed by atoms with Crippen LogP contribution in [-0.4, -0.2) is 23.2 Å². The molecule has 0 bridgehead atoms. The number of carbonyl (C=O) groups excluding carboxylic acids is 1. The molecule has 0 unspecified atom stereocenters. The van der Waals surface area contributed by atoms with E-state index in [0.717, 1.165) is 30.2 Å². The number of anilines is 1. The third-order valence-electron chi connectivity index (χ3n) is 3.29. The van der Waals surface area contributed by atoms with Crippen LogP contribution in [0.15, 0.2) is 22.7 Å². The molecule has 18 heavy (non-hydrogen) atoms. The molecule has 0 aliphatic heterocycles. The lowest BCUT2D eigenvalue weighted by atomic mass is 9.93. The van der Waals surface area contributed by atoms with Crippen molar-refractivity contribution in [2.24, 2.45) is 0 Å². The van der Waals surface area contributed by atoms with E-state index in [-0.39, 0.29) is 18.1 Å². The lowest BCUT2D eigenvalue weighted by molar-refractivity contribution is 0.0867. The molecule has 1 aromatic carbocycles. The van der Waals surface area contributed by atoms with Crippen LogP contribution in [-0.2, 0) is 0 Å². The van der Waals surface area contributed by atoms with Crippen LogP contribution in [0, 0.1) is 0 Å². The smallest absolute Gasteiger partial charge is 0.251 e. The Morgan fingerprint density at radius 3 is 2.61 bits per heavy atom. The van der Waals surface area contributed by atoms with Crippen molar-refractivity contribution in [2.75, 3.05) is 5.73 Å². The molecular formula is C13H17BrN2O2. The molecule has 1 aliphatic rings. The number of hydrogen-bond acceptors (Lipinski definition) is 3. The maximum Gasteiger partial charge on any atom is 0.251 e. The van der Waals surface area contributed by atoms with E-state index in [1.807, 2.05) is 0 Å². The molecule has 0 atom stereocenters. The molecule has 1 saturated carbocycles. The van der Waals surface area contributed by atoms with Gasteiger partial charge in [0.25, 0.3) is 5.91 Å². The lowest BCUT2D eigenvalue weighted by Crippen LogP contribution is -2.38. The van der Waals surface area contributed by atoms with Crippen molar-refractivity contribution >= 4 is 27.5 Å². The van der Waals surface area contributed by atoms with Crippen LogP contribution < -0.4 is 11.1 Å². The average Bonchev–Trinajstić information content (AvgIpc) is 2.35. The predicted molar refractivity (Wildman–Crippen MR) is 74.3 cm³/mol. The summed E-state index contributed by atoms with van der Waals surface area (Å²) in [4.78, 5) is 12.0. The summed E-state index contributed by atoms with van der Waals surface area (Å²) in [7, 11) is 0. The highest BCUT2D eigenvalue weighted by molar-refractivity contribution is 9.10. The maximum atomic E-state index is 12.0. The fourth-order valence-electron chi connectivity index (χ4n) is 2.17. The van der Waals surface area contributed by atoms with Gasteiger partial charge in [0.2, 0.25) is 0 Å². The number of aliphatic hydroxyl groups is 1. The molecular weight excluding hydrogens is 296 g/mol. The van der Waals surface area contributed by atoms with Crippen molar-refractivity contribution in [1.82, 2.24) is 5.32 Å². The van der Waals surface area contributed by atoms with Crippen LogP contribution >= 0.6 is 15.9 Å². The zero-order valence-electron chi connectivity index (χ0n) is 10.0. The Kier molecular flexibility index (Phi) is 4.24. The molecule has 1 fully saturated rings. The van der Waals surface area contributed by atoms with E-state index in [2.05, 4.69) is 21.2 Å². The highest BCUT2D eigenvalue weighted by Crippen LogP contribution is 2.21. The normalized spacial score (nSPS) is 23.7. The highest BCUT2D eigenvalue weighted by Gasteiger charge is 2.21. The van der Waals surface area contributed by atoms with Crippen molar-refractivity contribution in [3.05, 3.63) is 28.2 Å². The van der Waals surface area contributed by atoms with Crippen molar-refractivity contribution in [3.8, 4) is 0 Å². The zero-order valence-corrected chi connectivity index (χ0v) is 11.6. The minimum Gasteiger partial charge on any atom is -0.398 e. The first-order valence-electron chi connectivity index (χ1n) is 6.10. The molecule has 0 saturated heterocycles. The van der Waals surface area contributed by atoms with Gasteiger partial charge in [0.05, 0.1) is 6.10 Å². The fourth-order valence-corrected chi connectivity index (χ4v) is 2.42. The van der Waals surface area contributed by atoms with Gasteiger partial charge < -0.3 is 16.2 Å². The molecule has 5 heteroatoms. The highest BCUT2D eigenvalue weighted by atomic mass is 79.9. The van der Waals surface area contributed by atoms with Gasteiger partial charge in [-0.15, -0.1) is 0 Å². The molecule has 1 aliphatic carbocycles. The summed E-state index contributed by atoms with van der Waals surface area (Å²) in [6.45, 7) is 0. The van der Waals surface area contributed by atoms with Gasteiger partial charge in [-0.05, 0) is 59.8 Å². The van der Waals surface area contributed by atoms with Crippen molar-refractivity contribution in [1.29, 1.82) is 0 Å². The van der Waals surface area contributed by atoms with Gasteiger partial charge in [0.1, 0.15) is 0 Å². The second-order valence-electron chi connectivity index (χ2n) is 4.72. The van der Waals surface area contributed by atoms with E-state index < -0.39 is 0 Å². The minimum absolute atomic E-state index is 0.101. The molecule has 0 spiro atoms. The van der Waals surface area contributed by atoms with Gasteiger partial charge in [0.15, 0.2) is 0 Å². The summed E-state index contributed by atoms with van der Waals surface area (Å²) >= 11 is 3.30. The van der Waals surface area contributed by atoms with Crippen molar-refractivity contribution < 1.29 is 9.90 Å². The molecule has 0 radical (unpaired) electrons. The zero-order chi connectivity index (χ0) is 13.1.